The van der Waals surface area contributed by atoms with Gasteiger partial charge in [-0.25, -0.2) is 16.8 Å². The SMILES string of the molecule is O=S1(=O)c2ccc(cc2)Nc2ccc(cc2)S(=O)(=O)c2ccc(cc2)Nc2ccc1cc2. The van der Waals surface area contributed by atoms with E-state index in [1.807, 2.05) is 0 Å². The zero-order valence-corrected chi connectivity index (χ0v) is 18.3. The van der Waals surface area contributed by atoms with Crippen LogP contribution in [0.3, 0.4) is 0 Å². The molecule has 7 heterocycles. The van der Waals surface area contributed by atoms with Crippen molar-refractivity contribution in [2.75, 3.05) is 10.6 Å². The highest BCUT2D eigenvalue weighted by Crippen LogP contribution is 2.28. The summed E-state index contributed by atoms with van der Waals surface area (Å²) in [6.07, 6.45) is 0. The Morgan fingerprint density at radius 3 is 0.719 bits per heavy atom. The molecular formula is C24H18N2O4S2. The van der Waals surface area contributed by atoms with E-state index in [1.54, 1.807) is 97.1 Å². The first-order chi connectivity index (χ1) is 15.3. The lowest BCUT2D eigenvalue weighted by Gasteiger charge is -2.12. The molecule has 0 aromatic heterocycles. The number of nitrogens with one attached hydrogen (secondary N) is 2. The van der Waals surface area contributed by atoms with Gasteiger partial charge in [-0.2, -0.15) is 0 Å². The van der Waals surface area contributed by atoms with Crippen LogP contribution < -0.4 is 10.6 Å². The van der Waals surface area contributed by atoms with Crippen molar-refractivity contribution in [1.29, 1.82) is 0 Å². The molecule has 32 heavy (non-hydrogen) atoms. The molecule has 0 unspecified atom stereocenters. The Kier molecular flexibility index (Phi) is 4.76. The Hall–Kier alpha value is -3.62. The highest BCUT2D eigenvalue weighted by Gasteiger charge is 2.19. The molecule has 0 aliphatic carbocycles. The fourth-order valence-electron chi connectivity index (χ4n) is 3.48. The fourth-order valence-corrected chi connectivity index (χ4v) is 6.00. The summed E-state index contributed by atoms with van der Waals surface area (Å²) in [5, 5.41) is 6.32. The van der Waals surface area contributed by atoms with Crippen LogP contribution in [0.15, 0.2) is 117 Å². The average molecular weight is 463 g/mol. The number of anilines is 4. The maximum Gasteiger partial charge on any atom is 0.206 e. The minimum atomic E-state index is -3.65. The van der Waals surface area contributed by atoms with Crippen molar-refractivity contribution in [2.45, 2.75) is 19.6 Å². The molecule has 8 heteroatoms. The maximum atomic E-state index is 13.0. The van der Waals surface area contributed by atoms with Gasteiger partial charge in [-0.05, 0) is 97.1 Å². The second-order valence-electron chi connectivity index (χ2n) is 7.35. The van der Waals surface area contributed by atoms with E-state index in [4.69, 9.17) is 0 Å². The van der Waals surface area contributed by atoms with E-state index in [1.165, 1.54) is 0 Å². The van der Waals surface area contributed by atoms with Crippen LogP contribution in [0.2, 0.25) is 0 Å². The Morgan fingerprint density at radius 2 is 0.531 bits per heavy atom. The normalized spacial score (nSPS) is 15.8. The van der Waals surface area contributed by atoms with Crippen LogP contribution in [0.5, 0.6) is 0 Å². The lowest BCUT2D eigenvalue weighted by atomic mass is 10.2. The average Bonchev–Trinajstić information content (AvgIpc) is 2.80. The second-order valence-corrected chi connectivity index (χ2v) is 11.3. The third-order valence-corrected chi connectivity index (χ3v) is 8.81. The fraction of sp³-hybridized carbons (Fsp3) is 0. The van der Waals surface area contributed by atoms with Crippen molar-refractivity contribution in [1.82, 2.24) is 0 Å². The summed E-state index contributed by atoms with van der Waals surface area (Å²) in [6.45, 7) is 0. The highest BCUT2D eigenvalue weighted by atomic mass is 32.2. The third-order valence-electron chi connectivity index (χ3n) is 5.24. The molecule has 4 aromatic carbocycles. The molecule has 8 bridgehead atoms. The van der Waals surface area contributed by atoms with E-state index >= 15 is 0 Å². The van der Waals surface area contributed by atoms with Gasteiger partial charge in [-0.15, -0.1) is 0 Å². The summed E-state index contributed by atoms with van der Waals surface area (Å²) >= 11 is 0. The first-order valence-corrected chi connectivity index (χ1v) is 12.7. The molecule has 160 valence electrons. The van der Waals surface area contributed by atoms with Crippen LogP contribution in [0.4, 0.5) is 22.7 Å². The Balaban J connectivity index is 1.64. The highest BCUT2D eigenvalue weighted by molar-refractivity contribution is 7.91. The predicted octanol–water partition coefficient (Wildman–Crippen LogP) is 5.15. The number of rotatable bonds is 0. The number of hydrogen-bond acceptors (Lipinski definition) is 6. The van der Waals surface area contributed by atoms with Crippen molar-refractivity contribution in [3.05, 3.63) is 97.1 Å². The number of benzene rings is 4. The van der Waals surface area contributed by atoms with Crippen molar-refractivity contribution < 1.29 is 16.8 Å². The van der Waals surface area contributed by atoms with Crippen LogP contribution in [0.25, 0.3) is 0 Å². The van der Waals surface area contributed by atoms with Crippen LogP contribution in [0, 0.1) is 0 Å². The molecule has 0 saturated carbocycles. The topological polar surface area (TPSA) is 92.3 Å². The van der Waals surface area contributed by atoms with E-state index in [0.29, 0.717) is 22.7 Å². The monoisotopic (exact) mass is 462 g/mol. The zero-order valence-electron chi connectivity index (χ0n) is 16.7. The number of hydrogen-bond donors (Lipinski definition) is 2. The van der Waals surface area contributed by atoms with E-state index in [9.17, 15) is 16.8 Å². The summed E-state index contributed by atoms with van der Waals surface area (Å²) in [4.78, 5) is 0.760. The largest absolute Gasteiger partial charge is 0.356 e. The van der Waals surface area contributed by atoms with Gasteiger partial charge in [0.1, 0.15) is 0 Å². The van der Waals surface area contributed by atoms with Gasteiger partial charge in [-0.1, -0.05) is 0 Å². The molecule has 0 radical (unpaired) electrons. The van der Waals surface area contributed by atoms with Crippen LogP contribution >= 0.6 is 0 Å². The Bertz CT molecular complexity index is 1270. The molecular weight excluding hydrogens is 444 g/mol. The van der Waals surface area contributed by atoms with Crippen LogP contribution in [-0.2, 0) is 19.7 Å². The van der Waals surface area contributed by atoms with Gasteiger partial charge in [0.2, 0.25) is 19.7 Å². The minimum Gasteiger partial charge on any atom is -0.356 e. The molecule has 11 rings (SSSR count). The van der Waals surface area contributed by atoms with Gasteiger partial charge in [-0.3, -0.25) is 0 Å². The molecule has 6 nitrogen and oxygen atoms in total. The van der Waals surface area contributed by atoms with Crippen LogP contribution in [-0.4, -0.2) is 16.8 Å². The second kappa shape index (κ2) is 7.51. The molecule has 0 saturated heterocycles. The Morgan fingerprint density at radius 1 is 0.344 bits per heavy atom. The van der Waals surface area contributed by atoms with Gasteiger partial charge < -0.3 is 10.6 Å². The summed E-state index contributed by atoms with van der Waals surface area (Å²) in [6, 6.07) is 25.7. The quantitative estimate of drug-likeness (QED) is 0.331. The van der Waals surface area contributed by atoms with Gasteiger partial charge in [0.15, 0.2) is 0 Å². The first-order valence-electron chi connectivity index (χ1n) is 9.77. The van der Waals surface area contributed by atoms with Gasteiger partial charge >= 0.3 is 0 Å². The molecule has 7 aliphatic heterocycles. The lowest BCUT2D eigenvalue weighted by Crippen LogP contribution is -2.04. The number of sulfone groups is 2. The molecule has 4 aromatic rings. The zero-order chi connectivity index (χ0) is 22.3. The van der Waals surface area contributed by atoms with Crippen molar-refractivity contribution in [3.8, 4) is 0 Å². The van der Waals surface area contributed by atoms with Crippen LogP contribution in [0.1, 0.15) is 0 Å². The van der Waals surface area contributed by atoms with Crippen molar-refractivity contribution >= 4 is 42.4 Å². The van der Waals surface area contributed by atoms with E-state index in [2.05, 4.69) is 10.6 Å². The molecule has 7 aliphatic rings. The first kappa shape index (κ1) is 20.3. The minimum absolute atomic E-state index is 0.190. The summed E-state index contributed by atoms with van der Waals surface area (Å²) in [7, 11) is -7.30. The van der Waals surface area contributed by atoms with Crippen molar-refractivity contribution in [2.24, 2.45) is 0 Å². The van der Waals surface area contributed by atoms with E-state index < -0.39 is 19.7 Å². The van der Waals surface area contributed by atoms with Gasteiger partial charge in [0.25, 0.3) is 0 Å². The molecule has 0 amide bonds. The standard InChI is InChI=1S/C24H18N2O4S2/c27-31(28)21-9-1-17(2-10-21)25-18-3-11-23(12-4-18)32(29,30)24-15-7-20(8-16-24)26-19-5-13-22(31)14-6-19/h1-16,25-26H. The summed E-state index contributed by atoms with van der Waals surface area (Å²) in [5.74, 6) is 0. The predicted molar refractivity (Wildman–Crippen MR) is 123 cm³/mol. The molecule has 0 spiro atoms. The third kappa shape index (κ3) is 3.63. The molecule has 0 atom stereocenters. The van der Waals surface area contributed by atoms with Gasteiger partial charge in [0.05, 0.1) is 19.6 Å². The Labute approximate surface area is 186 Å². The molecule has 0 fully saturated rings. The van der Waals surface area contributed by atoms with E-state index in [-0.39, 0.29) is 19.6 Å². The molecule has 2 N–H and O–H groups in total. The summed E-state index contributed by atoms with van der Waals surface area (Å²) in [5.41, 5.74) is 2.74. The van der Waals surface area contributed by atoms with E-state index in [0.717, 1.165) is 0 Å². The maximum absolute atomic E-state index is 13.0. The van der Waals surface area contributed by atoms with Gasteiger partial charge in [0, 0.05) is 22.7 Å². The van der Waals surface area contributed by atoms with Crippen molar-refractivity contribution in [3.63, 3.8) is 0 Å². The smallest absolute Gasteiger partial charge is 0.206 e. The lowest BCUT2D eigenvalue weighted by molar-refractivity contribution is 0.594. The summed E-state index contributed by atoms with van der Waals surface area (Å²) < 4.78 is 51.9.